The van der Waals surface area contributed by atoms with Crippen molar-refractivity contribution in [1.82, 2.24) is 9.80 Å². The molecule has 0 atom stereocenters. The number of nitrogens with zero attached hydrogens (tertiary/aromatic N) is 2. The molecule has 1 saturated heterocycles. The third kappa shape index (κ3) is 5.47. The van der Waals surface area contributed by atoms with Crippen LogP contribution in [0.3, 0.4) is 0 Å². The number of piperidine rings is 1. The van der Waals surface area contributed by atoms with E-state index in [2.05, 4.69) is 23.9 Å². The minimum absolute atomic E-state index is 0.203. The summed E-state index contributed by atoms with van der Waals surface area (Å²) >= 11 is 0. The van der Waals surface area contributed by atoms with Crippen molar-refractivity contribution in [3.05, 3.63) is 0 Å². The molecule has 1 aliphatic rings. The van der Waals surface area contributed by atoms with Crippen LogP contribution in [0.25, 0.3) is 0 Å². The third-order valence-electron chi connectivity index (χ3n) is 3.30. The minimum Gasteiger partial charge on any atom is -0.369 e. The van der Waals surface area contributed by atoms with E-state index in [1.54, 1.807) is 0 Å². The molecule has 4 nitrogen and oxygen atoms in total. The molecule has 0 bridgehead atoms. The van der Waals surface area contributed by atoms with E-state index in [1.165, 1.54) is 32.2 Å². The second-order valence-electron chi connectivity index (χ2n) is 5.13. The number of rotatable bonds is 6. The molecule has 94 valence electrons. The molecule has 1 rings (SSSR count). The van der Waals surface area contributed by atoms with Crippen molar-refractivity contribution in [2.24, 2.45) is 11.7 Å². The Hall–Kier alpha value is -0.610. The molecule has 0 aromatic rings. The summed E-state index contributed by atoms with van der Waals surface area (Å²) < 4.78 is 0. The predicted molar refractivity (Wildman–Crippen MR) is 66.1 cm³/mol. The molecular weight excluding hydrogens is 202 g/mol. The van der Waals surface area contributed by atoms with Gasteiger partial charge in [-0.1, -0.05) is 0 Å². The molecule has 1 aliphatic heterocycles. The van der Waals surface area contributed by atoms with Crippen LogP contribution in [-0.2, 0) is 4.79 Å². The van der Waals surface area contributed by atoms with E-state index in [-0.39, 0.29) is 5.91 Å². The number of hydrogen-bond acceptors (Lipinski definition) is 3. The highest BCUT2D eigenvalue weighted by Gasteiger charge is 2.19. The lowest BCUT2D eigenvalue weighted by Crippen LogP contribution is -2.39. The zero-order valence-corrected chi connectivity index (χ0v) is 10.6. The Balaban J connectivity index is 2.10. The lowest BCUT2D eigenvalue weighted by atomic mass is 9.92. The van der Waals surface area contributed by atoms with Gasteiger partial charge in [0.25, 0.3) is 0 Å². The molecule has 1 heterocycles. The van der Waals surface area contributed by atoms with Crippen molar-refractivity contribution in [2.75, 3.05) is 40.3 Å². The van der Waals surface area contributed by atoms with Gasteiger partial charge in [0.05, 0.1) is 6.54 Å². The predicted octanol–water partition coefficient (Wildman–Crippen LogP) is 0.526. The molecule has 0 spiro atoms. The monoisotopic (exact) mass is 227 g/mol. The molecule has 0 aliphatic carbocycles. The first-order valence-electron chi connectivity index (χ1n) is 6.23. The second kappa shape index (κ2) is 6.86. The Morgan fingerprint density at radius 2 is 2.00 bits per heavy atom. The van der Waals surface area contributed by atoms with Gasteiger partial charge in [0, 0.05) is 0 Å². The first-order chi connectivity index (χ1) is 7.58. The maximum atomic E-state index is 10.8. The molecule has 2 N–H and O–H groups in total. The SMILES string of the molecule is CN(C)CCCC1CCN(CC(N)=O)CC1. The Labute approximate surface area is 98.8 Å². The fourth-order valence-corrected chi connectivity index (χ4v) is 2.35. The van der Waals surface area contributed by atoms with E-state index in [9.17, 15) is 4.79 Å². The van der Waals surface area contributed by atoms with Crippen LogP contribution >= 0.6 is 0 Å². The van der Waals surface area contributed by atoms with Crippen LogP contribution in [0.4, 0.5) is 0 Å². The summed E-state index contributed by atoms with van der Waals surface area (Å²) in [5.74, 6) is 0.648. The fraction of sp³-hybridized carbons (Fsp3) is 0.917. The summed E-state index contributed by atoms with van der Waals surface area (Å²) in [6.45, 7) is 3.69. The lowest BCUT2D eigenvalue weighted by molar-refractivity contribution is -0.119. The minimum atomic E-state index is -0.203. The van der Waals surface area contributed by atoms with Gasteiger partial charge in [0.15, 0.2) is 0 Å². The number of likely N-dealkylation sites (tertiary alicyclic amines) is 1. The average Bonchev–Trinajstić information content (AvgIpc) is 2.19. The quantitative estimate of drug-likeness (QED) is 0.720. The summed E-state index contributed by atoms with van der Waals surface area (Å²) in [5, 5.41) is 0. The zero-order chi connectivity index (χ0) is 12.0. The largest absolute Gasteiger partial charge is 0.369 e. The number of amides is 1. The van der Waals surface area contributed by atoms with E-state index in [0.29, 0.717) is 6.54 Å². The Bertz CT molecular complexity index is 210. The van der Waals surface area contributed by atoms with E-state index in [4.69, 9.17) is 5.73 Å². The van der Waals surface area contributed by atoms with Crippen LogP contribution in [0.1, 0.15) is 25.7 Å². The van der Waals surface area contributed by atoms with Gasteiger partial charge in [-0.3, -0.25) is 9.69 Å². The van der Waals surface area contributed by atoms with E-state index in [0.717, 1.165) is 19.0 Å². The van der Waals surface area contributed by atoms with Crippen molar-refractivity contribution >= 4 is 5.91 Å². The van der Waals surface area contributed by atoms with Gasteiger partial charge in [-0.2, -0.15) is 0 Å². The third-order valence-corrected chi connectivity index (χ3v) is 3.30. The summed E-state index contributed by atoms with van der Waals surface area (Å²) in [7, 11) is 4.24. The Morgan fingerprint density at radius 3 is 2.50 bits per heavy atom. The summed E-state index contributed by atoms with van der Waals surface area (Å²) in [6, 6.07) is 0. The molecule has 0 unspecified atom stereocenters. The van der Waals surface area contributed by atoms with Crippen LogP contribution in [0.2, 0.25) is 0 Å². The van der Waals surface area contributed by atoms with Gasteiger partial charge in [-0.15, -0.1) is 0 Å². The van der Waals surface area contributed by atoms with Gasteiger partial charge in [-0.05, 0) is 65.3 Å². The number of carbonyl (C=O) groups excluding carboxylic acids is 1. The number of carbonyl (C=O) groups is 1. The molecule has 4 heteroatoms. The lowest BCUT2D eigenvalue weighted by Gasteiger charge is -2.31. The first kappa shape index (κ1) is 13.5. The van der Waals surface area contributed by atoms with Gasteiger partial charge in [0.2, 0.25) is 5.91 Å². The highest BCUT2D eigenvalue weighted by molar-refractivity contribution is 5.75. The summed E-state index contributed by atoms with van der Waals surface area (Å²) in [6.07, 6.45) is 5.05. The molecule has 0 saturated carbocycles. The molecule has 0 aromatic carbocycles. The smallest absolute Gasteiger partial charge is 0.231 e. The maximum Gasteiger partial charge on any atom is 0.231 e. The molecule has 0 aromatic heterocycles. The average molecular weight is 227 g/mol. The number of primary amides is 1. The van der Waals surface area contributed by atoms with Gasteiger partial charge >= 0.3 is 0 Å². The topological polar surface area (TPSA) is 49.6 Å². The molecule has 1 fully saturated rings. The van der Waals surface area contributed by atoms with Crippen LogP contribution < -0.4 is 5.73 Å². The van der Waals surface area contributed by atoms with Crippen molar-refractivity contribution in [3.8, 4) is 0 Å². The Morgan fingerprint density at radius 1 is 1.38 bits per heavy atom. The van der Waals surface area contributed by atoms with E-state index in [1.807, 2.05) is 0 Å². The summed E-state index contributed by atoms with van der Waals surface area (Å²) in [4.78, 5) is 15.2. The van der Waals surface area contributed by atoms with Crippen LogP contribution in [0, 0.1) is 5.92 Å². The maximum absolute atomic E-state index is 10.8. The van der Waals surface area contributed by atoms with Crippen molar-refractivity contribution in [3.63, 3.8) is 0 Å². The van der Waals surface area contributed by atoms with Crippen LogP contribution in [0.5, 0.6) is 0 Å². The number of hydrogen-bond donors (Lipinski definition) is 1. The highest BCUT2D eigenvalue weighted by atomic mass is 16.1. The standard InChI is InChI=1S/C12H25N3O/c1-14(2)7-3-4-11-5-8-15(9-6-11)10-12(13)16/h11H,3-10H2,1-2H3,(H2,13,16). The van der Waals surface area contributed by atoms with Crippen molar-refractivity contribution in [2.45, 2.75) is 25.7 Å². The first-order valence-corrected chi connectivity index (χ1v) is 6.23. The number of nitrogens with two attached hydrogens (primary N) is 1. The zero-order valence-electron chi connectivity index (χ0n) is 10.6. The van der Waals surface area contributed by atoms with Gasteiger partial charge in [-0.25, -0.2) is 0 Å². The van der Waals surface area contributed by atoms with Gasteiger partial charge < -0.3 is 10.6 Å². The van der Waals surface area contributed by atoms with Crippen molar-refractivity contribution in [1.29, 1.82) is 0 Å². The summed E-state index contributed by atoms with van der Waals surface area (Å²) in [5.41, 5.74) is 5.19. The van der Waals surface area contributed by atoms with Crippen molar-refractivity contribution < 1.29 is 4.79 Å². The highest BCUT2D eigenvalue weighted by Crippen LogP contribution is 2.21. The van der Waals surface area contributed by atoms with E-state index >= 15 is 0 Å². The molecule has 1 amide bonds. The van der Waals surface area contributed by atoms with E-state index < -0.39 is 0 Å². The van der Waals surface area contributed by atoms with Gasteiger partial charge in [0.1, 0.15) is 0 Å². The molecule has 16 heavy (non-hydrogen) atoms. The normalized spacial score (nSPS) is 19.2. The fourth-order valence-electron chi connectivity index (χ4n) is 2.35. The Kier molecular flexibility index (Phi) is 5.77. The van der Waals surface area contributed by atoms with Crippen LogP contribution in [-0.4, -0.2) is 56.0 Å². The molecular formula is C12H25N3O. The van der Waals surface area contributed by atoms with Crippen LogP contribution in [0.15, 0.2) is 0 Å². The second-order valence-corrected chi connectivity index (χ2v) is 5.13. The molecule has 0 radical (unpaired) electrons.